The van der Waals surface area contributed by atoms with Gasteiger partial charge in [0.15, 0.2) is 0 Å². The standard InChI is InChI=1S/C12H14BrI/c1-7-6-12(2,3)11-9(14)5-4-8(13)10(7)11/h4-5,7H,6H2,1-3H3/t7-/m1/s1. The lowest BCUT2D eigenvalue weighted by atomic mass is 9.86. The summed E-state index contributed by atoms with van der Waals surface area (Å²) in [6, 6.07) is 4.39. The molecule has 0 fully saturated rings. The van der Waals surface area contributed by atoms with Gasteiger partial charge in [0.1, 0.15) is 0 Å². The summed E-state index contributed by atoms with van der Waals surface area (Å²) in [6.07, 6.45) is 1.26. The van der Waals surface area contributed by atoms with Gasteiger partial charge in [-0.2, -0.15) is 0 Å². The van der Waals surface area contributed by atoms with E-state index in [1.165, 1.54) is 20.0 Å². The molecule has 0 saturated heterocycles. The number of hydrogen-bond donors (Lipinski definition) is 0. The molecule has 1 aliphatic carbocycles. The van der Waals surface area contributed by atoms with Crippen molar-refractivity contribution >= 4 is 38.5 Å². The van der Waals surface area contributed by atoms with E-state index in [0.29, 0.717) is 11.3 Å². The summed E-state index contributed by atoms with van der Waals surface area (Å²) in [5.41, 5.74) is 3.43. The number of benzene rings is 1. The lowest BCUT2D eigenvalue weighted by Gasteiger charge is -2.20. The van der Waals surface area contributed by atoms with Gasteiger partial charge in [-0.05, 0) is 63.6 Å². The third-order valence-electron chi connectivity index (χ3n) is 3.13. The molecule has 1 aliphatic rings. The van der Waals surface area contributed by atoms with Crippen molar-refractivity contribution < 1.29 is 0 Å². The molecule has 0 aliphatic heterocycles. The maximum atomic E-state index is 3.67. The third kappa shape index (κ3) is 1.54. The van der Waals surface area contributed by atoms with Crippen LogP contribution in [0.25, 0.3) is 0 Å². The van der Waals surface area contributed by atoms with Crippen molar-refractivity contribution in [3.63, 3.8) is 0 Å². The summed E-state index contributed by atoms with van der Waals surface area (Å²) in [7, 11) is 0. The van der Waals surface area contributed by atoms with Gasteiger partial charge < -0.3 is 0 Å². The molecule has 2 heteroatoms. The maximum Gasteiger partial charge on any atom is 0.0213 e. The van der Waals surface area contributed by atoms with Gasteiger partial charge in [-0.3, -0.25) is 0 Å². The topological polar surface area (TPSA) is 0 Å². The molecule has 0 amide bonds. The molecule has 0 saturated carbocycles. The van der Waals surface area contributed by atoms with Crippen molar-refractivity contribution in [2.75, 3.05) is 0 Å². The highest BCUT2D eigenvalue weighted by Crippen LogP contribution is 2.49. The number of rotatable bonds is 0. The molecule has 0 heterocycles. The Morgan fingerprint density at radius 1 is 1.43 bits per heavy atom. The quantitative estimate of drug-likeness (QED) is 0.578. The highest BCUT2D eigenvalue weighted by molar-refractivity contribution is 14.1. The van der Waals surface area contributed by atoms with Crippen molar-refractivity contribution in [1.82, 2.24) is 0 Å². The molecule has 1 aromatic rings. The molecule has 0 unspecified atom stereocenters. The normalized spacial score (nSPS) is 23.6. The number of hydrogen-bond acceptors (Lipinski definition) is 0. The van der Waals surface area contributed by atoms with E-state index in [2.05, 4.69) is 71.4 Å². The summed E-state index contributed by atoms with van der Waals surface area (Å²) >= 11 is 6.13. The molecule has 2 rings (SSSR count). The predicted molar refractivity (Wildman–Crippen MR) is 72.9 cm³/mol. The van der Waals surface area contributed by atoms with Crippen molar-refractivity contribution in [3.8, 4) is 0 Å². The zero-order valence-corrected chi connectivity index (χ0v) is 12.4. The second-order valence-corrected chi connectivity index (χ2v) is 6.82. The minimum atomic E-state index is 0.342. The monoisotopic (exact) mass is 364 g/mol. The van der Waals surface area contributed by atoms with Crippen LogP contribution >= 0.6 is 38.5 Å². The van der Waals surface area contributed by atoms with Gasteiger partial charge in [0.25, 0.3) is 0 Å². The summed E-state index contributed by atoms with van der Waals surface area (Å²) < 4.78 is 2.70. The van der Waals surface area contributed by atoms with E-state index in [0.717, 1.165) is 0 Å². The van der Waals surface area contributed by atoms with E-state index in [4.69, 9.17) is 0 Å². The van der Waals surface area contributed by atoms with Crippen LogP contribution in [0.1, 0.15) is 44.2 Å². The number of fused-ring (bicyclic) bond motifs is 1. The van der Waals surface area contributed by atoms with Gasteiger partial charge in [0, 0.05) is 8.04 Å². The molecule has 0 nitrogen and oxygen atoms in total. The first-order chi connectivity index (χ1) is 6.43. The zero-order valence-electron chi connectivity index (χ0n) is 8.70. The highest BCUT2D eigenvalue weighted by atomic mass is 127. The van der Waals surface area contributed by atoms with Crippen LogP contribution in [0, 0.1) is 3.57 Å². The van der Waals surface area contributed by atoms with Gasteiger partial charge in [0.05, 0.1) is 0 Å². The summed E-state index contributed by atoms with van der Waals surface area (Å²) in [5, 5.41) is 0. The Morgan fingerprint density at radius 2 is 2.07 bits per heavy atom. The Bertz CT molecular complexity index is 382. The van der Waals surface area contributed by atoms with E-state index in [-0.39, 0.29) is 0 Å². The minimum Gasteiger partial charge on any atom is -0.0583 e. The Kier molecular flexibility index (Phi) is 2.71. The molecule has 0 spiro atoms. The van der Waals surface area contributed by atoms with E-state index < -0.39 is 0 Å². The molecule has 14 heavy (non-hydrogen) atoms. The Labute approximate surface area is 108 Å². The van der Waals surface area contributed by atoms with Crippen LogP contribution in [-0.2, 0) is 5.41 Å². The fourth-order valence-corrected chi connectivity index (χ4v) is 4.63. The van der Waals surface area contributed by atoms with Gasteiger partial charge >= 0.3 is 0 Å². The molecule has 0 bridgehead atoms. The van der Waals surface area contributed by atoms with Crippen LogP contribution in [0.15, 0.2) is 16.6 Å². The third-order valence-corrected chi connectivity index (χ3v) is 4.72. The van der Waals surface area contributed by atoms with Crippen molar-refractivity contribution in [2.45, 2.75) is 38.5 Å². The fraction of sp³-hybridized carbons (Fsp3) is 0.500. The van der Waals surface area contributed by atoms with Gasteiger partial charge in [0.2, 0.25) is 0 Å². The lowest BCUT2D eigenvalue weighted by molar-refractivity contribution is 0.488. The molecule has 1 aromatic carbocycles. The number of halogens is 2. The van der Waals surface area contributed by atoms with Gasteiger partial charge in [-0.15, -0.1) is 0 Å². The molecular formula is C12H14BrI. The van der Waals surface area contributed by atoms with E-state index in [9.17, 15) is 0 Å². The average Bonchev–Trinajstić information content (AvgIpc) is 2.30. The predicted octanol–water partition coefficient (Wildman–Crippen LogP) is 4.84. The van der Waals surface area contributed by atoms with Crippen LogP contribution in [0.5, 0.6) is 0 Å². The highest BCUT2D eigenvalue weighted by Gasteiger charge is 2.37. The van der Waals surface area contributed by atoms with Crippen molar-refractivity contribution in [2.24, 2.45) is 0 Å². The van der Waals surface area contributed by atoms with Gasteiger partial charge in [-0.25, -0.2) is 0 Å². The second-order valence-electron chi connectivity index (χ2n) is 4.81. The first kappa shape index (κ1) is 10.9. The van der Waals surface area contributed by atoms with Crippen LogP contribution in [0.2, 0.25) is 0 Å². The van der Waals surface area contributed by atoms with Crippen molar-refractivity contribution in [3.05, 3.63) is 31.3 Å². The Hall–Kier alpha value is 0.430. The second kappa shape index (κ2) is 3.48. The summed E-state index contributed by atoms with van der Waals surface area (Å²) in [5.74, 6) is 0.684. The van der Waals surface area contributed by atoms with Gasteiger partial charge in [-0.1, -0.05) is 36.7 Å². The Balaban J connectivity index is 2.73. The smallest absolute Gasteiger partial charge is 0.0213 e. The summed E-state index contributed by atoms with van der Waals surface area (Å²) in [6.45, 7) is 7.03. The van der Waals surface area contributed by atoms with Crippen LogP contribution in [0.4, 0.5) is 0 Å². The molecule has 0 N–H and O–H groups in total. The zero-order chi connectivity index (χ0) is 10.5. The largest absolute Gasteiger partial charge is 0.0583 e. The molecule has 1 atom stereocenters. The molecule has 0 radical (unpaired) electrons. The maximum absolute atomic E-state index is 3.67. The summed E-state index contributed by atoms with van der Waals surface area (Å²) in [4.78, 5) is 0. The van der Waals surface area contributed by atoms with Crippen LogP contribution in [-0.4, -0.2) is 0 Å². The van der Waals surface area contributed by atoms with E-state index in [1.807, 2.05) is 0 Å². The first-order valence-corrected chi connectivity index (χ1v) is 6.79. The van der Waals surface area contributed by atoms with Crippen LogP contribution < -0.4 is 0 Å². The molecular weight excluding hydrogens is 351 g/mol. The SMILES string of the molecule is C[C@@H]1CC(C)(C)c2c(I)ccc(Br)c21. The first-order valence-electron chi connectivity index (χ1n) is 4.92. The average molecular weight is 365 g/mol. The minimum absolute atomic E-state index is 0.342. The van der Waals surface area contributed by atoms with Crippen molar-refractivity contribution in [1.29, 1.82) is 0 Å². The fourth-order valence-electron chi connectivity index (χ4n) is 2.71. The Morgan fingerprint density at radius 3 is 2.64 bits per heavy atom. The van der Waals surface area contributed by atoms with Crippen LogP contribution in [0.3, 0.4) is 0 Å². The van der Waals surface area contributed by atoms with E-state index in [1.54, 1.807) is 5.56 Å². The van der Waals surface area contributed by atoms with E-state index >= 15 is 0 Å². The lowest BCUT2D eigenvalue weighted by Crippen LogP contribution is -2.13. The molecule has 0 aromatic heterocycles. The molecule has 76 valence electrons.